The molecular weight excluding hydrogens is 204 g/mol. The van der Waals surface area contributed by atoms with Gasteiger partial charge in [0.2, 0.25) is 0 Å². The summed E-state index contributed by atoms with van der Waals surface area (Å²) in [6.45, 7) is 4.12. The Morgan fingerprint density at radius 1 is 1.50 bits per heavy atom. The van der Waals surface area contributed by atoms with Gasteiger partial charge in [-0.25, -0.2) is 9.78 Å². The Morgan fingerprint density at radius 3 is 2.94 bits per heavy atom. The lowest BCUT2D eigenvalue weighted by atomic mass is 10.2. The fourth-order valence-corrected chi connectivity index (χ4v) is 1.65. The van der Waals surface area contributed by atoms with Gasteiger partial charge in [-0.1, -0.05) is 0 Å². The molecule has 0 aliphatic heterocycles. The maximum Gasteiger partial charge on any atom is 0.338 e. The molecule has 2 aromatic rings. The molecule has 0 aliphatic carbocycles. The molecule has 0 saturated heterocycles. The van der Waals surface area contributed by atoms with Crippen molar-refractivity contribution in [1.82, 2.24) is 9.55 Å². The molecule has 0 unspecified atom stereocenters. The molecule has 84 valence electrons. The Morgan fingerprint density at radius 2 is 2.25 bits per heavy atom. The van der Waals surface area contributed by atoms with Crippen molar-refractivity contribution in [2.24, 2.45) is 7.05 Å². The van der Waals surface area contributed by atoms with Gasteiger partial charge in [-0.2, -0.15) is 0 Å². The van der Waals surface area contributed by atoms with E-state index in [-0.39, 0.29) is 5.97 Å². The van der Waals surface area contributed by atoms with Crippen molar-refractivity contribution >= 4 is 17.0 Å². The second-order valence-corrected chi connectivity index (χ2v) is 3.64. The first kappa shape index (κ1) is 10.7. The molecule has 0 bridgehead atoms. The number of esters is 1. The molecular formula is C12H14N2O2. The average Bonchev–Trinajstić information content (AvgIpc) is 2.55. The summed E-state index contributed by atoms with van der Waals surface area (Å²) in [4.78, 5) is 15.9. The highest BCUT2D eigenvalue weighted by Crippen LogP contribution is 2.16. The van der Waals surface area contributed by atoms with Crippen LogP contribution in [0, 0.1) is 6.92 Å². The number of rotatable bonds is 2. The van der Waals surface area contributed by atoms with Crippen LogP contribution in [-0.2, 0) is 11.8 Å². The molecule has 0 radical (unpaired) electrons. The van der Waals surface area contributed by atoms with E-state index in [9.17, 15) is 4.79 Å². The molecule has 1 heterocycles. The monoisotopic (exact) mass is 218 g/mol. The third-order valence-corrected chi connectivity index (χ3v) is 2.62. The molecule has 2 rings (SSSR count). The zero-order valence-corrected chi connectivity index (χ0v) is 9.65. The smallest absolute Gasteiger partial charge is 0.338 e. The number of ether oxygens (including phenoxy) is 1. The van der Waals surface area contributed by atoms with Crippen molar-refractivity contribution in [3.63, 3.8) is 0 Å². The van der Waals surface area contributed by atoms with Crippen molar-refractivity contribution in [3.8, 4) is 0 Å². The lowest BCUT2D eigenvalue weighted by molar-refractivity contribution is 0.0526. The molecule has 0 spiro atoms. The van der Waals surface area contributed by atoms with Gasteiger partial charge in [0.05, 0.1) is 23.2 Å². The molecule has 0 fully saturated rings. The van der Waals surface area contributed by atoms with Crippen LogP contribution in [0.3, 0.4) is 0 Å². The summed E-state index contributed by atoms with van der Waals surface area (Å²) in [6.07, 6.45) is 0. The van der Waals surface area contributed by atoms with E-state index in [1.165, 1.54) is 0 Å². The zero-order chi connectivity index (χ0) is 11.7. The normalized spacial score (nSPS) is 10.7. The SMILES string of the molecule is CCOC(=O)c1ccc2nc(C)n(C)c2c1. The second-order valence-electron chi connectivity index (χ2n) is 3.64. The predicted octanol–water partition coefficient (Wildman–Crippen LogP) is 2.06. The van der Waals surface area contributed by atoms with Crippen molar-refractivity contribution in [2.45, 2.75) is 13.8 Å². The fourth-order valence-electron chi connectivity index (χ4n) is 1.65. The Hall–Kier alpha value is -1.84. The number of carbonyl (C=O) groups is 1. The second kappa shape index (κ2) is 3.96. The molecule has 0 aliphatic rings. The number of hydrogen-bond acceptors (Lipinski definition) is 3. The quantitative estimate of drug-likeness (QED) is 0.725. The summed E-state index contributed by atoms with van der Waals surface area (Å²) in [5.41, 5.74) is 2.41. The first-order chi connectivity index (χ1) is 7.63. The van der Waals surface area contributed by atoms with Crippen LogP contribution in [0.1, 0.15) is 23.1 Å². The lowest BCUT2D eigenvalue weighted by Crippen LogP contribution is -2.04. The van der Waals surface area contributed by atoms with Crippen LogP contribution in [0.2, 0.25) is 0 Å². The predicted molar refractivity (Wildman–Crippen MR) is 61.4 cm³/mol. The van der Waals surface area contributed by atoms with Gasteiger partial charge in [0.15, 0.2) is 0 Å². The number of fused-ring (bicyclic) bond motifs is 1. The summed E-state index contributed by atoms with van der Waals surface area (Å²) in [6, 6.07) is 5.40. The highest BCUT2D eigenvalue weighted by atomic mass is 16.5. The van der Waals surface area contributed by atoms with Gasteiger partial charge >= 0.3 is 5.97 Å². The fraction of sp³-hybridized carbons (Fsp3) is 0.333. The molecule has 4 heteroatoms. The first-order valence-electron chi connectivity index (χ1n) is 5.23. The summed E-state index contributed by atoms with van der Waals surface area (Å²) in [7, 11) is 1.93. The molecule has 0 atom stereocenters. The minimum atomic E-state index is -0.289. The summed E-state index contributed by atoms with van der Waals surface area (Å²) < 4.78 is 6.91. The topological polar surface area (TPSA) is 44.1 Å². The number of carbonyl (C=O) groups excluding carboxylic acids is 1. The van der Waals surface area contributed by atoms with Crippen LogP contribution in [0.15, 0.2) is 18.2 Å². The van der Waals surface area contributed by atoms with Gasteiger partial charge in [-0.05, 0) is 32.0 Å². The van der Waals surface area contributed by atoms with Crippen LogP contribution in [-0.4, -0.2) is 22.1 Å². The van der Waals surface area contributed by atoms with Gasteiger partial charge in [-0.3, -0.25) is 0 Å². The van der Waals surface area contributed by atoms with Gasteiger partial charge in [0, 0.05) is 7.05 Å². The number of aromatic nitrogens is 2. The number of benzene rings is 1. The molecule has 0 amide bonds. The average molecular weight is 218 g/mol. The summed E-state index contributed by atoms with van der Waals surface area (Å²) in [5.74, 6) is 0.638. The Kier molecular flexibility index (Phi) is 2.64. The van der Waals surface area contributed by atoms with Crippen molar-refractivity contribution < 1.29 is 9.53 Å². The van der Waals surface area contributed by atoms with Crippen LogP contribution in [0.5, 0.6) is 0 Å². The standard InChI is InChI=1S/C12H14N2O2/c1-4-16-12(15)9-5-6-10-11(7-9)14(3)8(2)13-10/h5-7H,4H2,1-3H3. The Labute approximate surface area is 93.9 Å². The Balaban J connectivity index is 2.50. The minimum Gasteiger partial charge on any atom is -0.462 e. The van der Waals surface area contributed by atoms with E-state index in [2.05, 4.69) is 4.98 Å². The van der Waals surface area contributed by atoms with E-state index in [1.54, 1.807) is 13.0 Å². The molecule has 0 saturated carbocycles. The van der Waals surface area contributed by atoms with E-state index in [0.29, 0.717) is 12.2 Å². The van der Waals surface area contributed by atoms with E-state index >= 15 is 0 Å². The zero-order valence-electron chi connectivity index (χ0n) is 9.65. The number of aryl methyl sites for hydroxylation is 2. The van der Waals surface area contributed by atoms with Crippen LogP contribution >= 0.6 is 0 Å². The van der Waals surface area contributed by atoms with E-state index in [1.807, 2.05) is 30.7 Å². The third kappa shape index (κ3) is 1.66. The molecule has 4 nitrogen and oxygen atoms in total. The first-order valence-corrected chi connectivity index (χ1v) is 5.23. The van der Waals surface area contributed by atoms with Gasteiger partial charge in [0.25, 0.3) is 0 Å². The van der Waals surface area contributed by atoms with E-state index in [0.717, 1.165) is 16.9 Å². The highest BCUT2D eigenvalue weighted by Gasteiger charge is 2.10. The molecule has 0 N–H and O–H groups in total. The van der Waals surface area contributed by atoms with Crippen LogP contribution in [0.25, 0.3) is 11.0 Å². The van der Waals surface area contributed by atoms with E-state index in [4.69, 9.17) is 4.74 Å². The van der Waals surface area contributed by atoms with Crippen LogP contribution < -0.4 is 0 Å². The van der Waals surface area contributed by atoms with Crippen molar-refractivity contribution in [3.05, 3.63) is 29.6 Å². The number of nitrogens with zero attached hydrogens (tertiary/aromatic N) is 2. The highest BCUT2D eigenvalue weighted by molar-refractivity contribution is 5.93. The van der Waals surface area contributed by atoms with E-state index < -0.39 is 0 Å². The molecule has 16 heavy (non-hydrogen) atoms. The Bertz CT molecular complexity index is 543. The molecule has 1 aromatic carbocycles. The van der Waals surface area contributed by atoms with Crippen LogP contribution in [0.4, 0.5) is 0 Å². The third-order valence-electron chi connectivity index (χ3n) is 2.62. The lowest BCUT2D eigenvalue weighted by Gasteiger charge is -2.02. The van der Waals surface area contributed by atoms with Gasteiger partial charge < -0.3 is 9.30 Å². The number of hydrogen-bond donors (Lipinski definition) is 0. The maximum atomic E-state index is 11.6. The number of imidazole rings is 1. The largest absolute Gasteiger partial charge is 0.462 e. The maximum absolute atomic E-state index is 11.6. The minimum absolute atomic E-state index is 0.289. The van der Waals surface area contributed by atoms with Crippen molar-refractivity contribution in [2.75, 3.05) is 6.61 Å². The van der Waals surface area contributed by atoms with Gasteiger partial charge in [0.1, 0.15) is 5.82 Å². The van der Waals surface area contributed by atoms with Gasteiger partial charge in [-0.15, -0.1) is 0 Å². The van der Waals surface area contributed by atoms with Crippen molar-refractivity contribution in [1.29, 1.82) is 0 Å². The molecule has 1 aromatic heterocycles. The summed E-state index contributed by atoms with van der Waals surface area (Å²) >= 11 is 0. The summed E-state index contributed by atoms with van der Waals surface area (Å²) in [5, 5.41) is 0.